The molecule has 0 aliphatic rings. The van der Waals surface area contributed by atoms with E-state index < -0.39 is 15.7 Å². The number of anilines is 1. The van der Waals surface area contributed by atoms with Gasteiger partial charge in [-0.2, -0.15) is 0 Å². The van der Waals surface area contributed by atoms with Gasteiger partial charge < -0.3 is 24.3 Å². The van der Waals surface area contributed by atoms with Crippen LogP contribution in [0.25, 0.3) is 6.08 Å². The van der Waals surface area contributed by atoms with E-state index in [1.807, 2.05) is 0 Å². The third kappa shape index (κ3) is 7.29. The molecular formula is C22H28N2O8S. The van der Waals surface area contributed by atoms with Crippen LogP contribution in [-0.4, -0.2) is 54.5 Å². The number of nitrogens with one attached hydrogen (secondary N) is 2. The second-order valence-electron chi connectivity index (χ2n) is 6.80. The van der Waals surface area contributed by atoms with E-state index in [1.165, 1.54) is 34.5 Å². The van der Waals surface area contributed by atoms with Gasteiger partial charge >= 0.3 is 0 Å². The number of ether oxygens (including phenoxy) is 4. The maximum Gasteiger partial charge on any atom is 0.245 e. The third-order valence-electron chi connectivity index (χ3n) is 4.62. The molecule has 0 unspecified atom stereocenters. The molecule has 33 heavy (non-hydrogen) atoms. The summed E-state index contributed by atoms with van der Waals surface area (Å²) in [7, 11) is 2.26. The zero-order valence-corrected chi connectivity index (χ0v) is 19.7. The number of carbonyl (C=O) groups excluding carboxylic acids is 1. The van der Waals surface area contributed by atoms with Gasteiger partial charge in [-0.25, -0.2) is 13.9 Å². The predicted octanol–water partition coefficient (Wildman–Crippen LogP) is 2.61. The highest BCUT2D eigenvalue weighted by molar-refractivity contribution is 7.93. The molecule has 2 aromatic rings. The average Bonchev–Trinajstić information content (AvgIpc) is 2.81. The summed E-state index contributed by atoms with van der Waals surface area (Å²) in [6, 6.07) is 8.18. The SMILES string of the molecule is COc1cc(OC)c(/C=C/S(=O)(=O)Cc2ccc(OC)c(NCCC(=O)NO)c2)c(OC)c1. The number of amides is 1. The van der Waals surface area contributed by atoms with Gasteiger partial charge in [0.1, 0.15) is 23.0 Å². The molecule has 0 radical (unpaired) electrons. The zero-order valence-electron chi connectivity index (χ0n) is 18.9. The molecule has 0 aliphatic heterocycles. The first-order valence-corrected chi connectivity index (χ1v) is 11.5. The molecule has 0 bridgehead atoms. The van der Waals surface area contributed by atoms with Crippen molar-refractivity contribution < 1.29 is 37.4 Å². The Bertz CT molecular complexity index is 1070. The molecule has 0 atom stereocenters. The smallest absolute Gasteiger partial charge is 0.245 e. The van der Waals surface area contributed by atoms with Crippen molar-refractivity contribution in [1.82, 2.24) is 5.48 Å². The highest BCUT2D eigenvalue weighted by atomic mass is 32.2. The standard InChI is InChI=1S/C22H28N2O8S/c1-29-16-12-20(31-3)17(21(13-16)32-4)8-10-33(27,28)14-15-5-6-19(30-2)18(11-15)23-9-7-22(25)24-26/h5-6,8,10-13,23,26H,7,9,14H2,1-4H3,(H,24,25)/b10-8+. The fourth-order valence-corrected chi connectivity index (χ4v) is 4.08. The topological polar surface area (TPSA) is 132 Å². The quantitative estimate of drug-likeness (QED) is 0.310. The van der Waals surface area contributed by atoms with Gasteiger partial charge in [0.25, 0.3) is 0 Å². The van der Waals surface area contributed by atoms with Crippen molar-refractivity contribution in [3.63, 3.8) is 0 Å². The fourth-order valence-electron chi connectivity index (χ4n) is 3.00. The molecular weight excluding hydrogens is 452 g/mol. The lowest BCUT2D eigenvalue weighted by molar-refractivity contribution is -0.128. The van der Waals surface area contributed by atoms with Crippen molar-refractivity contribution >= 4 is 27.5 Å². The van der Waals surface area contributed by atoms with E-state index >= 15 is 0 Å². The van der Waals surface area contributed by atoms with E-state index in [0.717, 1.165) is 5.41 Å². The monoisotopic (exact) mass is 480 g/mol. The summed E-state index contributed by atoms with van der Waals surface area (Å²) in [4.78, 5) is 11.2. The summed E-state index contributed by atoms with van der Waals surface area (Å²) in [5.41, 5.74) is 3.06. The lowest BCUT2D eigenvalue weighted by atomic mass is 10.1. The van der Waals surface area contributed by atoms with Gasteiger partial charge in [-0.3, -0.25) is 10.0 Å². The summed E-state index contributed by atoms with van der Waals surface area (Å²) < 4.78 is 46.7. The predicted molar refractivity (Wildman–Crippen MR) is 124 cm³/mol. The summed E-state index contributed by atoms with van der Waals surface area (Å²) in [5.74, 6) is 0.998. The first kappa shape index (κ1) is 25.8. The highest BCUT2D eigenvalue weighted by Gasteiger charge is 2.15. The Balaban J connectivity index is 2.24. The van der Waals surface area contributed by atoms with Crippen LogP contribution in [-0.2, 0) is 20.4 Å². The van der Waals surface area contributed by atoms with Crippen LogP contribution in [0.1, 0.15) is 17.5 Å². The van der Waals surface area contributed by atoms with E-state index in [4.69, 9.17) is 24.2 Å². The summed E-state index contributed by atoms with van der Waals surface area (Å²) in [6.07, 6.45) is 1.44. The van der Waals surface area contributed by atoms with Gasteiger partial charge in [0.2, 0.25) is 5.91 Å². The van der Waals surface area contributed by atoms with Crippen molar-refractivity contribution in [2.45, 2.75) is 12.2 Å². The van der Waals surface area contributed by atoms with Crippen molar-refractivity contribution in [2.24, 2.45) is 0 Å². The number of methoxy groups -OCH3 is 4. The second kappa shape index (κ2) is 12.0. The molecule has 0 spiro atoms. The van der Waals surface area contributed by atoms with Crippen LogP contribution in [0.3, 0.4) is 0 Å². The molecule has 1 amide bonds. The van der Waals surface area contributed by atoms with Gasteiger partial charge in [-0.1, -0.05) is 6.07 Å². The Kier molecular flexibility index (Phi) is 9.37. The second-order valence-corrected chi connectivity index (χ2v) is 8.69. The van der Waals surface area contributed by atoms with Gasteiger partial charge in [-0.05, 0) is 23.8 Å². The number of hydrogen-bond acceptors (Lipinski definition) is 9. The summed E-state index contributed by atoms with van der Waals surface area (Å²) in [6.45, 7) is 0.218. The Morgan fingerprint density at radius 3 is 2.15 bits per heavy atom. The molecule has 0 saturated carbocycles. The van der Waals surface area contributed by atoms with E-state index in [2.05, 4.69) is 5.32 Å². The van der Waals surface area contributed by atoms with Crippen LogP contribution in [0.4, 0.5) is 5.69 Å². The first-order valence-electron chi connectivity index (χ1n) is 9.81. The molecule has 2 aromatic carbocycles. The number of benzene rings is 2. The van der Waals surface area contributed by atoms with Crippen LogP contribution in [0, 0.1) is 0 Å². The summed E-state index contributed by atoms with van der Waals surface area (Å²) >= 11 is 0. The Morgan fingerprint density at radius 2 is 1.61 bits per heavy atom. The Labute approximate surface area is 193 Å². The van der Waals surface area contributed by atoms with Crippen molar-refractivity contribution in [2.75, 3.05) is 40.3 Å². The molecule has 2 rings (SSSR count). The highest BCUT2D eigenvalue weighted by Crippen LogP contribution is 2.35. The van der Waals surface area contributed by atoms with Crippen LogP contribution >= 0.6 is 0 Å². The molecule has 11 heteroatoms. The number of sulfone groups is 1. The lowest BCUT2D eigenvalue weighted by Crippen LogP contribution is -2.21. The zero-order chi connectivity index (χ0) is 24.4. The molecule has 0 saturated heterocycles. The third-order valence-corrected chi connectivity index (χ3v) is 5.91. The van der Waals surface area contributed by atoms with Crippen LogP contribution in [0.5, 0.6) is 23.0 Å². The van der Waals surface area contributed by atoms with E-state index in [1.54, 1.807) is 35.8 Å². The number of hydroxylamine groups is 1. The lowest BCUT2D eigenvalue weighted by Gasteiger charge is -2.13. The van der Waals surface area contributed by atoms with Crippen LogP contribution in [0.15, 0.2) is 35.7 Å². The fraction of sp³-hybridized carbons (Fsp3) is 0.318. The molecule has 10 nitrogen and oxygen atoms in total. The average molecular weight is 481 g/mol. The van der Waals surface area contributed by atoms with Crippen LogP contribution < -0.4 is 29.7 Å². The van der Waals surface area contributed by atoms with Crippen molar-refractivity contribution in [3.8, 4) is 23.0 Å². The normalized spacial score (nSPS) is 11.2. The maximum atomic E-state index is 12.8. The minimum atomic E-state index is -3.66. The molecule has 0 aromatic heterocycles. The first-order chi connectivity index (χ1) is 15.8. The number of carbonyl (C=O) groups is 1. The maximum absolute atomic E-state index is 12.8. The molecule has 0 heterocycles. The minimum Gasteiger partial charge on any atom is -0.496 e. The molecule has 3 N–H and O–H groups in total. The summed E-state index contributed by atoms with van der Waals surface area (Å²) in [5, 5.41) is 12.7. The van der Waals surface area contributed by atoms with Crippen molar-refractivity contribution in [1.29, 1.82) is 0 Å². The molecule has 180 valence electrons. The molecule has 0 aliphatic carbocycles. The number of hydrogen-bond donors (Lipinski definition) is 3. The number of rotatable bonds is 12. The van der Waals surface area contributed by atoms with Gasteiger partial charge in [0.05, 0.1) is 45.4 Å². The van der Waals surface area contributed by atoms with Crippen molar-refractivity contribution in [3.05, 3.63) is 46.9 Å². The van der Waals surface area contributed by atoms with E-state index in [9.17, 15) is 13.2 Å². The molecule has 0 fully saturated rings. The van der Waals surface area contributed by atoms with Crippen LogP contribution in [0.2, 0.25) is 0 Å². The minimum absolute atomic E-state index is 0.0243. The van der Waals surface area contributed by atoms with E-state index in [0.29, 0.717) is 39.8 Å². The van der Waals surface area contributed by atoms with Gasteiger partial charge in [0, 0.05) is 30.5 Å². The Hall–Kier alpha value is -3.44. The largest absolute Gasteiger partial charge is 0.496 e. The van der Waals surface area contributed by atoms with E-state index in [-0.39, 0.29) is 18.7 Å². The van der Waals surface area contributed by atoms with Gasteiger partial charge in [-0.15, -0.1) is 0 Å². The Morgan fingerprint density at radius 1 is 0.970 bits per heavy atom. The van der Waals surface area contributed by atoms with Gasteiger partial charge in [0.15, 0.2) is 9.84 Å².